The normalized spacial score (nSPS) is 10.8. The Labute approximate surface area is 119 Å². The molecule has 2 rings (SSSR count). The average molecular weight is 276 g/mol. The van der Waals surface area contributed by atoms with E-state index in [4.69, 9.17) is 11.6 Å². The lowest BCUT2D eigenvalue weighted by molar-refractivity contribution is 0.273. The van der Waals surface area contributed by atoms with E-state index in [1.165, 1.54) is 11.1 Å². The van der Waals surface area contributed by atoms with Crippen molar-refractivity contribution < 1.29 is 5.11 Å². The van der Waals surface area contributed by atoms with E-state index in [9.17, 15) is 5.11 Å². The van der Waals surface area contributed by atoms with Crippen LogP contribution in [0.1, 0.15) is 11.1 Å². The van der Waals surface area contributed by atoms with Crippen LogP contribution >= 0.6 is 11.6 Å². The van der Waals surface area contributed by atoms with Crippen molar-refractivity contribution >= 4 is 11.6 Å². The topological polar surface area (TPSA) is 23.5 Å². The molecule has 0 amide bonds. The van der Waals surface area contributed by atoms with Gasteiger partial charge in [-0.3, -0.25) is 4.90 Å². The van der Waals surface area contributed by atoms with E-state index >= 15 is 0 Å². The molecule has 0 atom stereocenters. The smallest absolute Gasteiger partial charge is 0.115 e. The van der Waals surface area contributed by atoms with Gasteiger partial charge in [0, 0.05) is 25.5 Å². The van der Waals surface area contributed by atoms with E-state index in [0.717, 1.165) is 19.6 Å². The highest BCUT2D eigenvalue weighted by atomic mass is 35.5. The van der Waals surface area contributed by atoms with Crippen LogP contribution in [-0.2, 0) is 13.1 Å². The number of rotatable bonds is 6. The number of hydrogen-bond donors (Lipinski definition) is 1. The lowest BCUT2D eigenvalue weighted by atomic mass is 10.1. The molecular formula is C16H18ClNO. The predicted molar refractivity (Wildman–Crippen MR) is 79.4 cm³/mol. The molecule has 0 heterocycles. The van der Waals surface area contributed by atoms with Crippen molar-refractivity contribution in [2.24, 2.45) is 0 Å². The first-order valence-electron chi connectivity index (χ1n) is 6.38. The quantitative estimate of drug-likeness (QED) is 0.814. The van der Waals surface area contributed by atoms with Gasteiger partial charge >= 0.3 is 0 Å². The monoisotopic (exact) mass is 275 g/mol. The maximum absolute atomic E-state index is 9.29. The summed E-state index contributed by atoms with van der Waals surface area (Å²) >= 11 is 5.87. The van der Waals surface area contributed by atoms with Gasteiger partial charge in [-0.15, -0.1) is 11.6 Å². The first kappa shape index (κ1) is 13.9. The number of hydrogen-bond acceptors (Lipinski definition) is 2. The predicted octanol–water partition coefficient (Wildman–Crippen LogP) is 3.63. The molecule has 1 N–H and O–H groups in total. The van der Waals surface area contributed by atoms with E-state index in [1.54, 1.807) is 12.1 Å². The van der Waals surface area contributed by atoms with Gasteiger partial charge in [-0.25, -0.2) is 0 Å². The van der Waals surface area contributed by atoms with Crippen LogP contribution in [0.5, 0.6) is 5.75 Å². The van der Waals surface area contributed by atoms with Crippen LogP contribution in [0.2, 0.25) is 0 Å². The highest BCUT2D eigenvalue weighted by Gasteiger charge is 2.06. The highest BCUT2D eigenvalue weighted by Crippen LogP contribution is 2.13. The van der Waals surface area contributed by atoms with Gasteiger partial charge in [-0.1, -0.05) is 42.5 Å². The summed E-state index contributed by atoms with van der Waals surface area (Å²) in [5.41, 5.74) is 2.46. The molecule has 19 heavy (non-hydrogen) atoms. The third-order valence-electron chi connectivity index (χ3n) is 2.99. The molecule has 100 valence electrons. The summed E-state index contributed by atoms with van der Waals surface area (Å²) in [7, 11) is 0. The summed E-state index contributed by atoms with van der Waals surface area (Å²) in [4.78, 5) is 2.30. The second-order valence-corrected chi connectivity index (χ2v) is 4.93. The molecule has 2 aromatic carbocycles. The second-order valence-electron chi connectivity index (χ2n) is 4.55. The summed E-state index contributed by atoms with van der Waals surface area (Å²) in [6.07, 6.45) is 0. The van der Waals surface area contributed by atoms with Gasteiger partial charge in [0.1, 0.15) is 5.75 Å². The summed E-state index contributed by atoms with van der Waals surface area (Å²) < 4.78 is 0. The second kappa shape index (κ2) is 7.17. The minimum Gasteiger partial charge on any atom is -0.508 e. The molecule has 2 nitrogen and oxygen atoms in total. The zero-order valence-corrected chi connectivity index (χ0v) is 11.6. The molecule has 2 aromatic rings. The van der Waals surface area contributed by atoms with Gasteiger partial charge in [0.05, 0.1) is 0 Å². The van der Waals surface area contributed by atoms with Crippen LogP contribution in [0.3, 0.4) is 0 Å². The molecular weight excluding hydrogens is 258 g/mol. The third-order valence-corrected chi connectivity index (χ3v) is 3.16. The van der Waals surface area contributed by atoms with Crippen molar-refractivity contribution in [1.29, 1.82) is 0 Å². The Morgan fingerprint density at radius 3 is 2.00 bits per heavy atom. The SMILES string of the molecule is Oc1ccc(CN(CCCl)Cc2ccccc2)cc1. The van der Waals surface area contributed by atoms with Crippen molar-refractivity contribution in [3.63, 3.8) is 0 Å². The van der Waals surface area contributed by atoms with Gasteiger partial charge in [0.25, 0.3) is 0 Å². The van der Waals surface area contributed by atoms with Crippen LogP contribution in [0.15, 0.2) is 54.6 Å². The number of nitrogens with zero attached hydrogens (tertiary/aromatic N) is 1. The summed E-state index contributed by atoms with van der Waals surface area (Å²) in [5, 5.41) is 9.29. The molecule has 0 unspecified atom stereocenters. The first-order valence-corrected chi connectivity index (χ1v) is 6.91. The van der Waals surface area contributed by atoms with Crippen LogP contribution in [0.25, 0.3) is 0 Å². The molecule has 3 heteroatoms. The van der Waals surface area contributed by atoms with Gasteiger partial charge in [-0.05, 0) is 23.3 Å². The number of phenolic OH excluding ortho intramolecular Hbond substituents is 1. The number of alkyl halides is 1. The van der Waals surface area contributed by atoms with Crippen LogP contribution < -0.4 is 0 Å². The average Bonchev–Trinajstić information content (AvgIpc) is 2.43. The zero-order chi connectivity index (χ0) is 13.5. The van der Waals surface area contributed by atoms with E-state index in [2.05, 4.69) is 29.2 Å². The number of phenols is 1. The number of benzene rings is 2. The van der Waals surface area contributed by atoms with E-state index < -0.39 is 0 Å². The molecule has 0 radical (unpaired) electrons. The van der Waals surface area contributed by atoms with Crippen LogP contribution in [0, 0.1) is 0 Å². The van der Waals surface area contributed by atoms with Crippen molar-refractivity contribution in [1.82, 2.24) is 4.90 Å². The largest absolute Gasteiger partial charge is 0.508 e. The fourth-order valence-electron chi connectivity index (χ4n) is 2.03. The summed E-state index contributed by atoms with van der Waals surface area (Å²) in [5.74, 6) is 0.918. The molecule has 0 aliphatic rings. The maximum Gasteiger partial charge on any atom is 0.115 e. The molecule has 0 bridgehead atoms. The van der Waals surface area contributed by atoms with Crippen molar-refractivity contribution in [2.45, 2.75) is 13.1 Å². The van der Waals surface area contributed by atoms with Gasteiger partial charge in [0.15, 0.2) is 0 Å². The van der Waals surface area contributed by atoms with Crippen molar-refractivity contribution in [2.75, 3.05) is 12.4 Å². The van der Waals surface area contributed by atoms with E-state index in [0.29, 0.717) is 11.6 Å². The minimum absolute atomic E-state index is 0.302. The molecule has 0 fully saturated rings. The van der Waals surface area contributed by atoms with E-state index in [1.807, 2.05) is 18.2 Å². The van der Waals surface area contributed by atoms with Crippen molar-refractivity contribution in [3.8, 4) is 5.75 Å². The Bertz CT molecular complexity index is 484. The molecule has 0 aliphatic carbocycles. The molecule has 0 aromatic heterocycles. The van der Waals surface area contributed by atoms with Gasteiger partial charge < -0.3 is 5.11 Å². The Kier molecular flexibility index (Phi) is 5.25. The van der Waals surface area contributed by atoms with E-state index in [-0.39, 0.29) is 0 Å². The number of aromatic hydroxyl groups is 1. The Hall–Kier alpha value is -1.51. The standard InChI is InChI=1S/C16H18ClNO/c17-10-11-18(12-14-4-2-1-3-5-14)13-15-6-8-16(19)9-7-15/h1-9,19H,10-13H2. The Balaban J connectivity index is 2.01. The highest BCUT2D eigenvalue weighted by molar-refractivity contribution is 6.18. The molecule has 0 saturated carbocycles. The number of halogens is 1. The zero-order valence-electron chi connectivity index (χ0n) is 10.8. The minimum atomic E-state index is 0.302. The molecule has 0 saturated heterocycles. The van der Waals surface area contributed by atoms with Crippen molar-refractivity contribution in [3.05, 3.63) is 65.7 Å². The summed E-state index contributed by atoms with van der Waals surface area (Å²) in [6, 6.07) is 17.7. The lowest BCUT2D eigenvalue weighted by Crippen LogP contribution is -2.24. The van der Waals surface area contributed by atoms with Crippen LogP contribution in [-0.4, -0.2) is 22.4 Å². The maximum atomic E-state index is 9.29. The lowest BCUT2D eigenvalue weighted by Gasteiger charge is -2.21. The molecule has 0 aliphatic heterocycles. The Morgan fingerprint density at radius 2 is 1.42 bits per heavy atom. The fraction of sp³-hybridized carbons (Fsp3) is 0.250. The first-order chi connectivity index (χ1) is 9.28. The Morgan fingerprint density at radius 1 is 0.842 bits per heavy atom. The van der Waals surface area contributed by atoms with Crippen LogP contribution in [0.4, 0.5) is 0 Å². The summed E-state index contributed by atoms with van der Waals surface area (Å²) in [6.45, 7) is 2.56. The fourth-order valence-corrected chi connectivity index (χ4v) is 2.27. The third kappa shape index (κ3) is 4.58. The van der Waals surface area contributed by atoms with Gasteiger partial charge in [-0.2, -0.15) is 0 Å². The molecule has 0 spiro atoms. The van der Waals surface area contributed by atoms with Gasteiger partial charge in [0.2, 0.25) is 0 Å².